The molecule has 0 fully saturated rings. The number of ether oxygens (including phenoxy) is 1. The Kier molecular flexibility index (Phi) is 2.83. The average molecular weight is 200 g/mol. The molecule has 0 saturated carbocycles. The first-order valence-corrected chi connectivity index (χ1v) is 4.62. The third-order valence-corrected chi connectivity index (χ3v) is 1.97. The molecular weight excluding hydrogens is 190 g/mol. The highest BCUT2D eigenvalue weighted by Crippen LogP contribution is 2.04. The van der Waals surface area contributed by atoms with Gasteiger partial charge in [0.1, 0.15) is 6.61 Å². The van der Waals surface area contributed by atoms with Crippen LogP contribution in [0.25, 0.3) is 0 Å². The molecule has 0 unspecified atom stereocenters. The second-order valence-electron chi connectivity index (χ2n) is 3.08. The molecule has 1 aromatic carbocycles. The van der Waals surface area contributed by atoms with Crippen molar-refractivity contribution in [1.29, 1.82) is 0 Å². The summed E-state index contributed by atoms with van der Waals surface area (Å²) in [5.74, 6) is 0.317. The number of hydrogen-bond donors (Lipinski definition) is 1. The minimum atomic E-state index is -0.162. The van der Waals surface area contributed by atoms with E-state index < -0.39 is 0 Å². The van der Waals surface area contributed by atoms with Crippen molar-refractivity contribution in [1.82, 2.24) is 4.98 Å². The smallest absolute Gasteiger partial charge is 0.224 e. The van der Waals surface area contributed by atoms with Crippen molar-refractivity contribution in [2.24, 2.45) is 0 Å². The van der Waals surface area contributed by atoms with Crippen LogP contribution in [0.1, 0.15) is 5.56 Å². The molecule has 0 aliphatic rings. The van der Waals surface area contributed by atoms with Crippen molar-refractivity contribution in [3.8, 4) is 5.75 Å². The highest BCUT2D eigenvalue weighted by Gasteiger charge is 1.98. The lowest BCUT2D eigenvalue weighted by atomic mass is 10.2. The molecule has 1 radical (unpaired) electrons. The number of benzene rings is 1. The third-order valence-electron chi connectivity index (χ3n) is 1.97. The predicted molar refractivity (Wildman–Crippen MR) is 56.7 cm³/mol. The molecule has 1 aromatic heterocycles. The molecule has 3 heteroatoms. The third kappa shape index (κ3) is 2.47. The van der Waals surface area contributed by atoms with Gasteiger partial charge < -0.3 is 9.72 Å². The van der Waals surface area contributed by atoms with Crippen molar-refractivity contribution >= 4 is 0 Å². The molecule has 2 rings (SSSR count). The fourth-order valence-electron chi connectivity index (χ4n) is 1.20. The van der Waals surface area contributed by atoms with Crippen LogP contribution in [-0.2, 0) is 6.61 Å². The van der Waals surface area contributed by atoms with Crippen LogP contribution in [0, 0.1) is 6.20 Å². The standard InChI is InChI=1S/C12H10NO2/c14-11-6-7-13-8-12(11)15-9-10-4-2-1-3-5-10/h1-6,8H,9H2,(H,13,14). The highest BCUT2D eigenvalue weighted by molar-refractivity contribution is 5.18. The average Bonchev–Trinajstić information content (AvgIpc) is 2.29. The van der Waals surface area contributed by atoms with Crippen molar-refractivity contribution in [3.05, 3.63) is 64.6 Å². The number of hydrogen-bond acceptors (Lipinski definition) is 2. The zero-order valence-electron chi connectivity index (χ0n) is 8.07. The number of pyridine rings is 1. The van der Waals surface area contributed by atoms with Gasteiger partial charge in [0, 0.05) is 12.3 Å². The second-order valence-corrected chi connectivity index (χ2v) is 3.08. The van der Waals surface area contributed by atoms with Crippen molar-refractivity contribution in [2.75, 3.05) is 0 Å². The fourth-order valence-corrected chi connectivity index (χ4v) is 1.20. The lowest BCUT2D eigenvalue weighted by Gasteiger charge is -2.04. The van der Waals surface area contributed by atoms with Gasteiger partial charge in [-0.2, -0.15) is 0 Å². The number of H-pyrrole nitrogens is 1. The second kappa shape index (κ2) is 4.46. The molecule has 1 heterocycles. The Morgan fingerprint density at radius 2 is 2.07 bits per heavy atom. The van der Waals surface area contributed by atoms with Gasteiger partial charge in [-0.3, -0.25) is 4.79 Å². The summed E-state index contributed by atoms with van der Waals surface area (Å²) in [5, 5.41) is 0. The van der Waals surface area contributed by atoms with Gasteiger partial charge in [-0.25, -0.2) is 0 Å². The van der Waals surface area contributed by atoms with Crippen molar-refractivity contribution in [2.45, 2.75) is 6.61 Å². The maximum Gasteiger partial charge on any atom is 0.224 e. The van der Waals surface area contributed by atoms with Crippen LogP contribution < -0.4 is 10.2 Å². The quantitative estimate of drug-likeness (QED) is 0.820. The summed E-state index contributed by atoms with van der Waals surface area (Å²) < 4.78 is 5.36. The molecule has 0 aliphatic heterocycles. The van der Waals surface area contributed by atoms with Crippen LogP contribution in [0.15, 0.2) is 47.4 Å². The first-order chi connectivity index (χ1) is 7.36. The summed E-state index contributed by atoms with van der Waals surface area (Å²) in [7, 11) is 0. The van der Waals surface area contributed by atoms with E-state index >= 15 is 0 Å². The van der Waals surface area contributed by atoms with Crippen LogP contribution in [0.5, 0.6) is 5.75 Å². The summed E-state index contributed by atoms with van der Waals surface area (Å²) in [5.41, 5.74) is 0.870. The van der Waals surface area contributed by atoms with Crippen LogP contribution in [0.2, 0.25) is 0 Å². The van der Waals surface area contributed by atoms with Gasteiger partial charge in [0.15, 0.2) is 5.75 Å². The molecule has 0 bridgehead atoms. The summed E-state index contributed by atoms with van der Waals surface area (Å²) >= 11 is 0. The SMILES string of the molecule is O=c1c[c][nH]cc1OCc1ccccc1. The molecule has 3 nitrogen and oxygen atoms in total. The Balaban J connectivity index is 2.06. The largest absolute Gasteiger partial charge is 0.483 e. The Bertz CT molecular complexity index is 476. The van der Waals surface area contributed by atoms with Crippen molar-refractivity contribution in [3.63, 3.8) is 0 Å². The zero-order valence-corrected chi connectivity index (χ0v) is 8.07. The monoisotopic (exact) mass is 200 g/mol. The zero-order chi connectivity index (χ0) is 10.5. The normalized spacial score (nSPS) is 9.87. The van der Waals surface area contributed by atoms with E-state index in [1.807, 2.05) is 30.3 Å². The van der Waals surface area contributed by atoms with Crippen LogP contribution in [0.4, 0.5) is 0 Å². The molecule has 15 heavy (non-hydrogen) atoms. The van der Waals surface area contributed by atoms with Gasteiger partial charge in [0.05, 0.1) is 6.20 Å². The van der Waals surface area contributed by atoms with Crippen LogP contribution >= 0.6 is 0 Å². The Labute approximate surface area is 87.3 Å². The Hall–Kier alpha value is -2.03. The van der Waals surface area contributed by atoms with E-state index in [0.717, 1.165) is 5.56 Å². The van der Waals surface area contributed by atoms with E-state index in [2.05, 4.69) is 11.2 Å². The van der Waals surface area contributed by atoms with Gasteiger partial charge in [0.2, 0.25) is 5.43 Å². The van der Waals surface area contributed by atoms with Gasteiger partial charge in [-0.1, -0.05) is 30.3 Å². The van der Waals surface area contributed by atoms with E-state index in [9.17, 15) is 4.79 Å². The Morgan fingerprint density at radius 3 is 2.80 bits per heavy atom. The van der Waals surface area contributed by atoms with E-state index in [1.165, 1.54) is 12.3 Å². The van der Waals surface area contributed by atoms with E-state index in [-0.39, 0.29) is 5.43 Å². The highest BCUT2D eigenvalue weighted by atomic mass is 16.5. The van der Waals surface area contributed by atoms with E-state index in [1.54, 1.807) is 0 Å². The fraction of sp³-hybridized carbons (Fsp3) is 0.0833. The number of nitrogens with one attached hydrogen (secondary N) is 1. The van der Waals surface area contributed by atoms with Crippen LogP contribution in [0.3, 0.4) is 0 Å². The molecule has 0 spiro atoms. The van der Waals surface area contributed by atoms with Crippen LogP contribution in [-0.4, -0.2) is 4.98 Å². The van der Waals surface area contributed by atoms with Gasteiger partial charge >= 0.3 is 0 Å². The number of aromatic amines is 1. The molecule has 1 N–H and O–H groups in total. The first-order valence-electron chi connectivity index (χ1n) is 4.62. The van der Waals surface area contributed by atoms with Gasteiger partial charge in [0.25, 0.3) is 0 Å². The predicted octanol–water partition coefficient (Wildman–Crippen LogP) is 1.75. The van der Waals surface area contributed by atoms with Crippen molar-refractivity contribution < 1.29 is 4.74 Å². The van der Waals surface area contributed by atoms with Gasteiger partial charge in [-0.05, 0) is 5.56 Å². The lowest BCUT2D eigenvalue weighted by Crippen LogP contribution is -2.06. The summed E-state index contributed by atoms with van der Waals surface area (Å²) in [6, 6.07) is 11.0. The Morgan fingerprint density at radius 1 is 1.27 bits per heavy atom. The minimum absolute atomic E-state index is 0.162. The number of aromatic nitrogens is 1. The molecule has 2 aromatic rings. The van der Waals surface area contributed by atoms with E-state index in [4.69, 9.17) is 4.74 Å². The summed E-state index contributed by atoms with van der Waals surface area (Å²) in [6.07, 6.45) is 4.09. The minimum Gasteiger partial charge on any atom is -0.483 e. The molecule has 0 saturated heterocycles. The lowest BCUT2D eigenvalue weighted by molar-refractivity contribution is 0.302. The molecule has 75 valence electrons. The van der Waals surface area contributed by atoms with E-state index in [0.29, 0.717) is 12.4 Å². The maximum atomic E-state index is 11.3. The number of rotatable bonds is 3. The summed E-state index contributed by atoms with van der Waals surface area (Å²) in [6.45, 7) is 0.397. The maximum absolute atomic E-state index is 11.3. The first kappa shape index (κ1) is 9.52. The van der Waals surface area contributed by atoms with Gasteiger partial charge in [-0.15, -0.1) is 0 Å². The molecular formula is C12H10NO2. The summed E-state index contributed by atoms with van der Waals surface area (Å²) in [4.78, 5) is 14.0. The molecule has 0 aliphatic carbocycles. The molecule has 0 atom stereocenters. The molecule has 0 amide bonds. The topological polar surface area (TPSA) is 42.1 Å².